The van der Waals surface area contributed by atoms with Crippen LogP contribution in [0.15, 0.2) is 95.9 Å². The summed E-state index contributed by atoms with van der Waals surface area (Å²) in [5, 5.41) is 7.35. The number of benzene rings is 4. The first-order chi connectivity index (χ1) is 16.9. The van der Waals surface area contributed by atoms with E-state index >= 15 is 0 Å². The molecule has 4 aromatic rings. The van der Waals surface area contributed by atoms with Gasteiger partial charge in [-0.05, 0) is 60.2 Å². The summed E-state index contributed by atoms with van der Waals surface area (Å²) >= 11 is 1.35. The average molecular weight is 485 g/mol. The number of para-hydroxylation sites is 1. The van der Waals surface area contributed by atoms with Crippen molar-refractivity contribution in [2.75, 3.05) is 17.7 Å². The molecule has 1 unspecified atom stereocenters. The van der Waals surface area contributed by atoms with Gasteiger partial charge in [0.05, 0.1) is 23.6 Å². The van der Waals surface area contributed by atoms with Crippen LogP contribution < -0.4 is 10.6 Å². The Balaban J connectivity index is 1.42. The maximum Gasteiger partial charge on any atom is 0.339 e. The Morgan fingerprint density at radius 1 is 0.800 bits per heavy atom. The Labute approximate surface area is 207 Å². The minimum atomic E-state index is -0.518. The summed E-state index contributed by atoms with van der Waals surface area (Å²) < 4.78 is 4.78. The second kappa shape index (κ2) is 10.9. The standard InChI is InChI=1S/C28H24N2O4S/c1-18(26(31)30-25-13-6-5-12-24(25)28(33)34-2)35-23-11-7-10-22(17-23)29-27(32)21-15-14-19-8-3-4-9-20(19)16-21/h3-18H,1-2H3,(H,29,32)(H,30,31). The van der Waals surface area contributed by atoms with Crippen molar-refractivity contribution in [2.24, 2.45) is 0 Å². The van der Waals surface area contributed by atoms with Gasteiger partial charge >= 0.3 is 5.97 Å². The Morgan fingerprint density at radius 3 is 2.34 bits per heavy atom. The summed E-state index contributed by atoms with van der Waals surface area (Å²) in [7, 11) is 1.30. The van der Waals surface area contributed by atoms with E-state index in [1.165, 1.54) is 18.9 Å². The van der Waals surface area contributed by atoms with Crippen LogP contribution in [0.4, 0.5) is 11.4 Å². The van der Waals surface area contributed by atoms with Crippen molar-refractivity contribution in [1.29, 1.82) is 0 Å². The first kappa shape index (κ1) is 24.0. The van der Waals surface area contributed by atoms with Gasteiger partial charge in [-0.25, -0.2) is 4.79 Å². The van der Waals surface area contributed by atoms with Gasteiger partial charge in [0.15, 0.2) is 0 Å². The van der Waals surface area contributed by atoms with Crippen LogP contribution in [0.5, 0.6) is 0 Å². The molecule has 0 radical (unpaired) electrons. The number of rotatable bonds is 7. The fourth-order valence-corrected chi connectivity index (χ4v) is 4.48. The van der Waals surface area contributed by atoms with Gasteiger partial charge in [0.1, 0.15) is 0 Å². The van der Waals surface area contributed by atoms with Crippen LogP contribution in [0.2, 0.25) is 0 Å². The smallest absolute Gasteiger partial charge is 0.339 e. The van der Waals surface area contributed by atoms with E-state index in [-0.39, 0.29) is 11.8 Å². The highest BCUT2D eigenvalue weighted by Gasteiger charge is 2.18. The Hall–Kier alpha value is -4.10. The van der Waals surface area contributed by atoms with E-state index in [0.717, 1.165) is 15.7 Å². The molecule has 0 saturated heterocycles. The van der Waals surface area contributed by atoms with Gasteiger partial charge in [0.2, 0.25) is 5.91 Å². The van der Waals surface area contributed by atoms with Crippen LogP contribution in [-0.4, -0.2) is 30.1 Å². The first-order valence-electron chi connectivity index (χ1n) is 11.0. The molecule has 2 N–H and O–H groups in total. The van der Waals surface area contributed by atoms with Crippen molar-refractivity contribution in [3.63, 3.8) is 0 Å². The third-order valence-electron chi connectivity index (χ3n) is 5.38. The molecule has 0 aromatic heterocycles. The Kier molecular flexibility index (Phi) is 7.48. The van der Waals surface area contributed by atoms with E-state index < -0.39 is 11.2 Å². The molecular weight excluding hydrogens is 460 g/mol. The molecule has 6 nitrogen and oxygen atoms in total. The molecule has 0 aliphatic rings. The lowest BCUT2D eigenvalue weighted by atomic mass is 10.1. The molecule has 0 heterocycles. The number of carbonyl (C=O) groups excluding carboxylic acids is 3. The number of esters is 1. The van der Waals surface area contributed by atoms with Crippen LogP contribution in [-0.2, 0) is 9.53 Å². The summed E-state index contributed by atoms with van der Waals surface area (Å²) in [5.74, 6) is -0.976. The maximum atomic E-state index is 12.8. The van der Waals surface area contributed by atoms with Gasteiger partial charge in [-0.2, -0.15) is 0 Å². The molecule has 4 rings (SSSR count). The van der Waals surface area contributed by atoms with Crippen molar-refractivity contribution >= 4 is 51.7 Å². The molecule has 176 valence electrons. The minimum absolute atomic E-state index is 0.205. The molecule has 4 aromatic carbocycles. The largest absolute Gasteiger partial charge is 0.465 e. The number of thioether (sulfide) groups is 1. The summed E-state index contributed by atoms with van der Waals surface area (Å²) in [6, 6.07) is 27.5. The number of hydrogen-bond donors (Lipinski definition) is 2. The van der Waals surface area contributed by atoms with E-state index in [1.807, 2.05) is 54.6 Å². The number of fused-ring (bicyclic) bond motifs is 1. The third kappa shape index (κ3) is 5.88. The predicted octanol–water partition coefficient (Wildman–Crippen LogP) is 6.00. The number of hydrogen-bond acceptors (Lipinski definition) is 5. The van der Waals surface area contributed by atoms with Gasteiger partial charge in [-0.1, -0.05) is 48.5 Å². The van der Waals surface area contributed by atoms with E-state index in [2.05, 4.69) is 10.6 Å². The first-order valence-corrected chi connectivity index (χ1v) is 11.9. The number of amides is 2. The number of nitrogens with one attached hydrogen (secondary N) is 2. The summed E-state index contributed by atoms with van der Waals surface area (Å²) in [6.07, 6.45) is 0. The van der Waals surface area contributed by atoms with Gasteiger partial charge < -0.3 is 15.4 Å². The van der Waals surface area contributed by atoms with Crippen molar-refractivity contribution in [3.8, 4) is 0 Å². The fraction of sp³-hybridized carbons (Fsp3) is 0.107. The van der Waals surface area contributed by atoms with Gasteiger partial charge in [0.25, 0.3) is 5.91 Å². The van der Waals surface area contributed by atoms with E-state index in [0.29, 0.717) is 22.5 Å². The molecule has 0 aliphatic carbocycles. The number of ether oxygens (including phenoxy) is 1. The molecule has 0 bridgehead atoms. The van der Waals surface area contributed by atoms with Crippen molar-refractivity contribution in [3.05, 3.63) is 102 Å². The van der Waals surface area contributed by atoms with E-state index in [1.54, 1.807) is 43.3 Å². The molecule has 2 amide bonds. The summed E-state index contributed by atoms with van der Waals surface area (Å²) in [4.78, 5) is 38.4. The number of anilines is 2. The molecule has 0 fully saturated rings. The highest BCUT2D eigenvalue weighted by Crippen LogP contribution is 2.27. The summed E-state index contributed by atoms with van der Waals surface area (Å²) in [6.45, 7) is 1.78. The Bertz CT molecular complexity index is 1400. The lowest BCUT2D eigenvalue weighted by Crippen LogP contribution is -2.23. The van der Waals surface area contributed by atoms with Crippen LogP contribution in [0, 0.1) is 0 Å². The quantitative estimate of drug-likeness (QED) is 0.248. The molecule has 0 saturated carbocycles. The van der Waals surface area contributed by atoms with Gasteiger partial charge in [-0.3, -0.25) is 9.59 Å². The van der Waals surface area contributed by atoms with Crippen LogP contribution in [0.1, 0.15) is 27.6 Å². The maximum absolute atomic E-state index is 12.8. The molecule has 0 aliphatic heterocycles. The van der Waals surface area contributed by atoms with Gasteiger partial charge in [-0.15, -0.1) is 11.8 Å². The van der Waals surface area contributed by atoms with Crippen molar-refractivity contribution in [2.45, 2.75) is 17.1 Å². The zero-order chi connectivity index (χ0) is 24.8. The second-order valence-corrected chi connectivity index (χ2v) is 9.24. The third-order valence-corrected chi connectivity index (χ3v) is 6.47. The number of carbonyl (C=O) groups is 3. The van der Waals surface area contributed by atoms with Crippen molar-refractivity contribution in [1.82, 2.24) is 0 Å². The topological polar surface area (TPSA) is 84.5 Å². The van der Waals surface area contributed by atoms with Crippen molar-refractivity contribution < 1.29 is 19.1 Å². The van der Waals surface area contributed by atoms with E-state index in [9.17, 15) is 14.4 Å². The zero-order valence-corrected chi connectivity index (χ0v) is 20.1. The molecule has 35 heavy (non-hydrogen) atoms. The molecule has 1 atom stereocenters. The highest BCUT2D eigenvalue weighted by molar-refractivity contribution is 8.00. The fourth-order valence-electron chi connectivity index (χ4n) is 3.55. The summed E-state index contributed by atoms with van der Waals surface area (Å²) in [5.41, 5.74) is 1.89. The average Bonchev–Trinajstić information content (AvgIpc) is 2.88. The highest BCUT2D eigenvalue weighted by atomic mass is 32.2. The second-order valence-electron chi connectivity index (χ2n) is 7.83. The molecule has 0 spiro atoms. The van der Waals surface area contributed by atoms with E-state index in [4.69, 9.17) is 4.74 Å². The van der Waals surface area contributed by atoms with Crippen LogP contribution in [0.3, 0.4) is 0 Å². The normalized spacial score (nSPS) is 11.5. The zero-order valence-electron chi connectivity index (χ0n) is 19.3. The molecule has 7 heteroatoms. The van der Waals surface area contributed by atoms with Crippen LogP contribution >= 0.6 is 11.8 Å². The SMILES string of the molecule is COC(=O)c1ccccc1NC(=O)C(C)Sc1cccc(NC(=O)c2ccc3ccccc3c2)c1. The minimum Gasteiger partial charge on any atom is -0.465 e. The predicted molar refractivity (Wildman–Crippen MR) is 140 cm³/mol. The number of methoxy groups -OCH3 is 1. The lowest BCUT2D eigenvalue weighted by molar-refractivity contribution is -0.115. The molecular formula is C28H24N2O4S. The monoisotopic (exact) mass is 484 g/mol. The Morgan fingerprint density at radius 2 is 1.54 bits per heavy atom. The lowest BCUT2D eigenvalue weighted by Gasteiger charge is -2.14. The van der Waals surface area contributed by atoms with Gasteiger partial charge in [0, 0.05) is 16.1 Å². The van der Waals surface area contributed by atoms with Crippen LogP contribution in [0.25, 0.3) is 10.8 Å².